The fourth-order valence-electron chi connectivity index (χ4n) is 1.65. The third-order valence-corrected chi connectivity index (χ3v) is 3.72. The van der Waals surface area contributed by atoms with Crippen molar-refractivity contribution in [3.8, 4) is 11.8 Å². The molecule has 0 saturated heterocycles. The van der Waals surface area contributed by atoms with Gasteiger partial charge < -0.3 is 14.8 Å². The summed E-state index contributed by atoms with van der Waals surface area (Å²) in [6, 6.07) is 8.31. The first-order valence-electron chi connectivity index (χ1n) is 7.00. The van der Waals surface area contributed by atoms with Crippen LogP contribution in [0, 0.1) is 16.7 Å². The molecule has 0 saturated carbocycles. The SMILES string of the molecule is COCCNCc1ccc(OCCC(C)(C)C#N)c(Br)c1. The Kier molecular flexibility index (Phi) is 7.73. The van der Waals surface area contributed by atoms with E-state index in [-0.39, 0.29) is 5.41 Å². The van der Waals surface area contributed by atoms with Crippen molar-refractivity contribution in [2.24, 2.45) is 5.41 Å². The van der Waals surface area contributed by atoms with Gasteiger partial charge in [-0.2, -0.15) is 5.26 Å². The van der Waals surface area contributed by atoms with E-state index < -0.39 is 0 Å². The monoisotopic (exact) mass is 354 g/mol. The minimum absolute atomic E-state index is 0.350. The molecule has 21 heavy (non-hydrogen) atoms. The standard InChI is InChI=1S/C16H23BrN2O2/c1-16(2,12-18)6-8-21-15-5-4-13(10-14(15)17)11-19-7-9-20-3/h4-5,10,19H,6-9,11H2,1-3H3. The summed E-state index contributed by atoms with van der Waals surface area (Å²) in [5.74, 6) is 0.810. The van der Waals surface area contributed by atoms with E-state index in [9.17, 15) is 0 Å². The lowest BCUT2D eigenvalue weighted by Gasteiger charge is -2.16. The lowest BCUT2D eigenvalue weighted by Crippen LogP contribution is -2.18. The Morgan fingerprint density at radius 1 is 1.33 bits per heavy atom. The molecule has 4 nitrogen and oxygen atoms in total. The second-order valence-corrected chi connectivity index (χ2v) is 6.38. The van der Waals surface area contributed by atoms with E-state index in [1.165, 1.54) is 5.56 Å². The summed E-state index contributed by atoms with van der Waals surface area (Å²) in [7, 11) is 1.69. The van der Waals surface area contributed by atoms with E-state index in [2.05, 4.69) is 27.3 Å². The van der Waals surface area contributed by atoms with E-state index in [1.807, 2.05) is 32.0 Å². The van der Waals surface area contributed by atoms with Crippen LogP contribution in [0.4, 0.5) is 0 Å². The molecule has 5 heteroatoms. The van der Waals surface area contributed by atoms with Gasteiger partial charge in [-0.1, -0.05) is 6.07 Å². The maximum Gasteiger partial charge on any atom is 0.133 e. The smallest absolute Gasteiger partial charge is 0.133 e. The maximum absolute atomic E-state index is 8.97. The molecule has 0 amide bonds. The van der Waals surface area contributed by atoms with Crippen molar-refractivity contribution in [1.82, 2.24) is 5.32 Å². The zero-order valence-corrected chi connectivity index (χ0v) is 14.5. The van der Waals surface area contributed by atoms with Crippen molar-refractivity contribution in [3.05, 3.63) is 28.2 Å². The molecule has 0 unspecified atom stereocenters. The number of methoxy groups -OCH3 is 1. The Balaban J connectivity index is 2.45. The first-order chi connectivity index (χ1) is 9.98. The zero-order valence-electron chi connectivity index (χ0n) is 12.9. The number of hydrogen-bond acceptors (Lipinski definition) is 4. The van der Waals surface area contributed by atoms with Crippen molar-refractivity contribution in [2.75, 3.05) is 26.9 Å². The van der Waals surface area contributed by atoms with Crippen LogP contribution in [0.3, 0.4) is 0 Å². The van der Waals surface area contributed by atoms with E-state index in [0.29, 0.717) is 19.6 Å². The van der Waals surface area contributed by atoms with Gasteiger partial charge in [-0.15, -0.1) is 0 Å². The van der Waals surface area contributed by atoms with E-state index in [1.54, 1.807) is 7.11 Å². The van der Waals surface area contributed by atoms with Gasteiger partial charge in [0, 0.05) is 20.2 Å². The fraction of sp³-hybridized carbons (Fsp3) is 0.562. The molecule has 0 radical (unpaired) electrons. The molecule has 1 N–H and O–H groups in total. The Morgan fingerprint density at radius 3 is 2.71 bits per heavy atom. The number of ether oxygens (including phenoxy) is 2. The van der Waals surface area contributed by atoms with Crippen LogP contribution < -0.4 is 10.1 Å². The van der Waals surface area contributed by atoms with E-state index >= 15 is 0 Å². The number of halogens is 1. The van der Waals surface area contributed by atoms with Crippen LogP contribution in [0.1, 0.15) is 25.8 Å². The summed E-state index contributed by atoms with van der Waals surface area (Å²) in [4.78, 5) is 0. The van der Waals surface area contributed by atoms with Gasteiger partial charge in [-0.05, 0) is 53.9 Å². The van der Waals surface area contributed by atoms with Crippen LogP contribution in [-0.2, 0) is 11.3 Å². The Bertz CT molecular complexity index is 484. The van der Waals surface area contributed by atoms with Crippen LogP contribution in [-0.4, -0.2) is 26.9 Å². The first-order valence-corrected chi connectivity index (χ1v) is 7.80. The topological polar surface area (TPSA) is 54.3 Å². The number of benzene rings is 1. The summed E-state index contributed by atoms with van der Waals surface area (Å²) in [6.07, 6.45) is 0.705. The molecule has 0 heterocycles. The van der Waals surface area contributed by atoms with Crippen molar-refractivity contribution in [3.63, 3.8) is 0 Å². The highest BCUT2D eigenvalue weighted by Gasteiger charge is 2.16. The maximum atomic E-state index is 8.97. The molecule has 116 valence electrons. The molecular formula is C16H23BrN2O2. The van der Waals surface area contributed by atoms with Crippen LogP contribution in [0.2, 0.25) is 0 Å². The van der Waals surface area contributed by atoms with Gasteiger partial charge in [-0.3, -0.25) is 0 Å². The molecular weight excluding hydrogens is 332 g/mol. The molecule has 0 aromatic heterocycles. The molecule has 0 aliphatic carbocycles. The van der Waals surface area contributed by atoms with Crippen molar-refractivity contribution in [1.29, 1.82) is 5.26 Å². The molecule has 0 atom stereocenters. The summed E-state index contributed by atoms with van der Waals surface area (Å²) in [5.41, 5.74) is 0.834. The largest absolute Gasteiger partial charge is 0.492 e. The Hall–Kier alpha value is -1.09. The highest BCUT2D eigenvalue weighted by atomic mass is 79.9. The third-order valence-electron chi connectivity index (χ3n) is 3.10. The second-order valence-electron chi connectivity index (χ2n) is 5.53. The summed E-state index contributed by atoms with van der Waals surface area (Å²) >= 11 is 3.53. The number of nitrogens with one attached hydrogen (secondary N) is 1. The number of hydrogen-bond donors (Lipinski definition) is 1. The minimum atomic E-state index is -0.350. The summed E-state index contributed by atoms with van der Waals surface area (Å²) in [5, 5.41) is 12.3. The minimum Gasteiger partial charge on any atom is -0.492 e. The first kappa shape index (κ1) is 18.0. The third kappa shape index (κ3) is 6.94. The van der Waals surface area contributed by atoms with Crippen LogP contribution in [0.15, 0.2) is 22.7 Å². The van der Waals surface area contributed by atoms with Gasteiger partial charge in [0.1, 0.15) is 5.75 Å². The Morgan fingerprint density at radius 2 is 2.10 bits per heavy atom. The molecule has 0 spiro atoms. The van der Waals surface area contributed by atoms with E-state index in [0.717, 1.165) is 23.3 Å². The van der Waals surface area contributed by atoms with Crippen LogP contribution >= 0.6 is 15.9 Å². The van der Waals surface area contributed by atoms with Gasteiger partial charge in [-0.25, -0.2) is 0 Å². The van der Waals surface area contributed by atoms with Gasteiger partial charge in [0.15, 0.2) is 0 Å². The number of nitrogens with zero attached hydrogens (tertiary/aromatic N) is 1. The number of nitriles is 1. The molecule has 0 aliphatic rings. The highest BCUT2D eigenvalue weighted by molar-refractivity contribution is 9.10. The molecule has 0 fully saturated rings. The quantitative estimate of drug-likeness (QED) is 0.689. The highest BCUT2D eigenvalue weighted by Crippen LogP contribution is 2.27. The summed E-state index contributed by atoms with van der Waals surface area (Å²) < 4.78 is 11.7. The molecule has 1 aromatic carbocycles. The predicted molar refractivity (Wildman–Crippen MR) is 87.2 cm³/mol. The van der Waals surface area contributed by atoms with Crippen molar-refractivity contribution in [2.45, 2.75) is 26.8 Å². The van der Waals surface area contributed by atoms with Gasteiger partial charge in [0.2, 0.25) is 0 Å². The second kappa shape index (κ2) is 9.04. The fourth-order valence-corrected chi connectivity index (χ4v) is 2.19. The van der Waals surface area contributed by atoms with Crippen molar-refractivity contribution >= 4 is 15.9 Å². The Labute approximate surface area is 135 Å². The molecule has 0 aliphatic heterocycles. The van der Waals surface area contributed by atoms with Crippen LogP contribution in [0.5, 0.6) is 5.75 Å². The summed E-state index contributed by atoms with van der Waals surface area (Å²) in [6.45, 7) is 6.70. The van der Waals surface area contributed by atoms with Gasteiger partial charge >= 0.3 is 0 Å². The molecule has 1 rings (SSSR count). The average molecular weight is 355 g/mol. The lowest BCUT2D eigenvalue weighted by atomic mass is 9.92. The average Bonchev–Trinajstić information content (AvgIpc) is 2.46. The molecule has 1 aromatic rings. The van der Waals surface area contributed by atoms with Gasteiger partial charge in [0.05, 0.1) is 29.2 Å². The lowest BCUT2D eigenvalue weighted by molar-refractivity contribution is 0.199. The number of rotatable bonds is 9. The van der Waals surface area contributed by atoms with Gasteiger partial charge in [0.25, 0.3) is 0 Å². The van der Waals surface area contributed by atoms with Crippen molar-refractivity contribution < 1.29 is 9.47 Å². The predicted octanol–water partition coefficient (Wildman–Crippen LogP) is 3.50. The normalized spacial score (nSPS) is 11.2. The van der Waals surface area contributed by atoms with E-state index in [4.69, 9.17) is 14.7 Å². The van der Waals surface area contributed by atoms with Crippen LogP contribution in [0.25, 0.3) is 0 Å². The molecule has 0 bridgehead atoms. The zero-order chi connectivity index (χ0) is 15.7.